The Balaban J connectivity index is 1.69. The lowest BCUT2D eigenvalue weighted by Gasteiger charge is -2.14. The standard InChI is InChI=1S/C19H20BrN5O3/c1-3-27-16-7-13(15(20)9-17(16)28-4-2)8-19(26)24-14-5-6-18(22-10-14)25-12-21-11-23-25/h5-7,9-12H,3-4,8H2,1-2H3,(H,24,26). The summed E-state index contributed by atoms with van der Waals surface area (Å²) in [6.07, 6.45) is 4.74. The Morgan fingerprint density at radius 2 is 1.93 bits per heavy atom. The summed E-state index contributed by atoms with van der Waals surface area (Å²) in [6, 6.07) is 7.17. The fourth-order valence-electron chi connectivity index (χ4n) is 2.55. The van der Waals surface area contributed by atoms with Gasteiger partial charge in [-0.2, -0.15) is 5.10 Å². The molecule has 1 N–H and O–H groups in total. The number of aromatic nitrogens is 4. The molecule has 0 fully saturated rings. The maximum absolute atomic E-state index is 12.5. The highest BCUT2D eigenvalue weighted by Crippen LogP contribution is 2.34. The van der Waals surface area contributed by atoms with Crippen LogP contribution in [0.15, 0.2) is 47.6 Å². The van der Waals surface area contributed by atoms with E-state index >= 15 is 0 Å². The van der Waals surface area contributed by atoms with E-state index in [1.54, 1.807) is 24.7 Å². The Hall–Kier alpha value is -2.94. The quantitative estimate of drug-likeness (QED) is 0.571. The molecule has 8 nitrogen and oxygen atoms in total. The number of ether oxygens (including phenoxy) is 2. The van der Waals surface area contributed by atoms with Gasteiger partial charge in [-0.25, -0.2) is 14.6 Å². The van der Waals surface area contributed by atoms with Crippen LogP contribution in [-0.2, 0) is 11.2 Å². The second-order valence-electron chi connectivity index (χ2n) is 5.73. The number of halogens is 1. The van der Waals surface area contributed by atoms with Gasteiger partial charge in [0.05, 0.1) is 31.5 Å². The third-order valence-electron chi connectivity index (χ3n) is 3.75. The third kappa shape index (κ3) is 4.86. The highest BCUT2D eigenvalue weighted by Gasteiger charge is 2.14. The Morgan fingerprint density at radius 1 is 1.18 bits per heavy atom. The Labute approximate surface area is 171 Å². The Kier molecular flexibility index (Phi) is 6.59. The average molecular weight is 446 g/mol. The van der Waals surface area contributed by atoms with Crippen LogP contribution in [0.5, 0.6) is 11.5 Å². The summed E-state index contributed by atoms with van der Waals surface area (Å²) in [6.45, 7) is 4.86. The highest BCUT2D eigenvalue weighted by molar-refractivity contribution is 9.10. The Bertz CT molecular complexity index is 929. The summed E-state index contributed by atoms with van der Waals surface area (Å²) in [5.74, 6) is 1.72. The summed E-state index contributed by atoms with van der Waals surface area (Å²) in [5, 5.41) is 6.86. The van der Waals surface area contributed by atoms with Gasteiger partial charge in [0, 0.05) is 4.47 Å². The first kappa shape index (κ1) is 19.8. The minimum Gasteiger partial charge on any atom is -0.490 e. The van der Waals surface area contributed by atoms with Gasteiger partial charge in [0.2, 0.25) is 5.91 Å². The van der Waals surface area contributed by atoms with Crippen molar-refractivity contribution in [1.82, 2.24) is 19.7 Å². The molecule has 1 amide bonds. The maximum atomic E-state index is 12.5. The molecule has 2 heterocycles. The average Bonchev–Trinajstić information content (AvgIpc) is 3.21. The van der Waals surface area contributed by atoms with Crippen molar-refractivity contribution in [2.45, 2.75) is 20.3 Å². The number of amides is 1. The van der Waals surface area contributed by atoms with Crippen LogP contribution in [0.25, 0.3) is 5.82 Å². The molecule has 1 aromatic carbocycles. The van der Waals surface area contributed by atoms with E-state index in [4.69, 9.17) is 9.47 Å². The van der Waals surface area contributed by atoms with E-state index in [9.17, 15) is 4.79 Å². The molecule has 0 bridgehead atoms. The minimum atomic E-state index is -0.164. The minimum absolute atomic E-state index is 0.164. The van der Waals surface area contributed by atoms with Crippen molar-refractivity contribution in [3.63, 3.8) is 0 Å². The van der Waals surface area contributed by atoms with E-state index in [0.29, 0.717) is 36.2 Å². The van der Waals surface area contributed by atoms with Gasteiger partial charge in [0.1, 0.15) is 12.7 Å². The van der Waals surface area contributed by atoms with Crippen molar-refractivity contribution in [2.24, 2.45) is 0 Å². The van der Waals surface area contributed by atoms with Crippen molar-refractivity contribution in [3.8, 4) is 17.3 Å². The number of rotatable bonds is 8. The maximum Gasteiger partial charge on any atom is 0.228 e. The SMILES string of the molecule is CCOc1cc(Br)c(CC(=O)Nc2ccc(-n3cncn3)nc2)cc1OCC. The first-order valence-corrected chi connectivity index (χ1v) is 9.59. The summed E-state index contributed by atoms with van der Waals surface area (Å²) in [5.41, 5.74) is 1.40. The molecule has 146 valence electrons. The van der Waals surface area contributed by atoms with Gasteiger partial charge < -0.3 is 14.8 Å². The normalized spacial score (nSPS) is 10.5. The first-order chi connectivity index (χ1) is 13.6. The zero-order valence-electron chi connectivity index (χ0n) is 15.6. The molecule has 2 aromatic heterocycles. The van der Waals surface area contributed by atoms with Gasteiger partial charge in [-0.15, -0.1) is 0 Å². The van der Waals surface area contributed by atoms with Gasteiger partial charge in [-0.1, -0.05) is 15.9 Å². The highest BCUT2D eigenvalue weighted by atomic mass is 79.9. The van der Waals surface area contributed by atoms with Crippen LogP contribution in [0.2, 0.25) is 0 Å². The lowest BCUT2D eigenvalue weighted by molar-refractivity contribution is -0.115. The predicted molar refractivity (Wildman–Crippen MR) is 108 cm³/mol. The van der Waals surface area contributed by atoms with Crippen LogP contribution in [0.3, 0.4) is 0 Å². The molecule has 0 radical (unpaired) electrons. The molecule has 0 aliphatic heterocycles. The van der Waals surface area contributed by atoms with Crippen molar-refractivity contribution >= 4 is 27.5 Å². The number of hydrogen-bond acceptors (Lipinski definition) is 6. The molecule has 28 heavy (non-hydrogen) atoms. The molecule has 9 heteroatoms. The van der Waals surface area contributed by atoms with Crippen molar-refractivity contribution in [2.75, 3.05) is 18.5 Å². The number of benzene rings is 1. The second kappa shape index (κ2) is 9.32. The lowest BCUT2D eigenvalue weighted by atomic mass is 10.1. The second-order valence-corrected chi connectivity index (χ2v) is 6.58. The molecular weight excluding hydrogens is 426 g/mol. The van der Waals surface area contributed by atoms with Gasteiger partial charge in [0.15, 0.2) is 17.3 Å². The molecule has 0 spiro atoms. The topological polar surface area (TPSA) is 91.2 Å². The number of carbonyl (C=O) groups excluding carboxylic acids is 1. The molecule has 0 saturated heterocycles. The van der Waals surface area contributed by atoms with Crippen molar-refractivity contribution in [3.05, 3.63) is 53.2 Å². The fourth-order valence-corrected chi connectivity index (χ4v) is 3.01. The van der Waals surface area contributed by atoms with E-state index < -0.39 is 0 Å². The molecule has 3 rings (SSSR count). The van der Waals surface area contributed by atoms with Crippen molar-refractivity contribution < 1.29 is 14.3 Å². The monoisotopic (exact) mass is 445 g/mol. The molecule has 0 aliphatic rings. The molecule has 0 atom stereocenters. The molecule has 0 unspecified atom stereocenters. The summed E-state index contributed by atoms with van der Waals surface area (Å²) in [4.78, 5) is 20.6. The number of nitrogens with zero attached hydrogens (tertiary/aromatic N) is 4. The first-order valence-electron chi connectivity index (χ1n) is 8.79. The van der Waals surface area contributed by atoms with Gasteiger partial charge >= 0.3 is 0 Å². The number of pyridine rings is 1. The van der Waals surface area contributed by atoms with Crippen molar-refractivity contribution in [1.29, 1.82) is 0 Å². The van der Waals surface area contributed by atoms with Gasteiger partial charge in [-0.05, 0) is 43.7 Å². The largest absolute Gasteiger partial charge is 0.490 e. The molecule has 0 aliphatic carbocycles. The third-order valence-corrected chi connectivity index (χ3v) is 4.49. The fraction of sp³-hybridized carbons (Fsp3) is 0.263. The van der Waals surface area contributed by atoms with E-state index in [-0.39, 0.29) is 12.3 Å². The Morgan fingerprint density at radius 3 is 2.54 bits per heavy atom. The van der Waals surface area contributed by atoms with Crippen LogP contribution in [0.1, 0.15) is 19.4 Å². The number of carbonyl (C=O) groups is 1. The van der Waals surface area contributed by atoms with Crippen LogP contribution < -0.4 is 14.8 Å². The van der Waals surface area contributed by atoms with Crippen LogP contribution >= 0.6 is 15.9 Å². The summed E-state index contributed by atoms with van der Waals surface area (Å²) >= 11 is 3.50. The predicted octanol–water partition coefficient (Wildman–Crippen LogP) is 3.40. The summed E-state index contributed by atoms with van der Waals surface area (Å²) in [7, 11) is 0. The van der Waals surface area contributed by atoms with Gasteiger partial charge in [0.25, 0.3) is 0 Å². The molecule has 3 aromatic rings. The van der Waals surface area contributed by atoms with E-state index in [2.05, 4.69) is 36.3 Å². The number of anilines is 1. The lowest BCUT2D eigenvalue weighted by Crippen LogP contribution is -2.15. The van der Waals surface area contributed by atoms with Crippen LogP contribution in [0, 0.1) is 0 Å². The van der Waals surface area contributed by atoms with E-state index in [0.717, 1.165) is 10.0 Å². The van der Waals surface area contributed by atoms with E-state index in [1.165, 1.54) is 11.0 Å². The summed E-state index contributed by atoms with van der Waals surface area (Å²) < 4.78 is 13.6. The van der Waals surface area contributed by atoms with Crippen LogP contribution in [-0.4, -0.2) is 38.9 Å². The van der Waals surface area contributed by atoms with Gasteiger partial charge in [-0.3, -0.25) is 4.79 Å². The number of nitrogens with one attached hydrogen (secondary N) is 1. The number of hydrogen-bond donors (Lipinski definition) is 1. The smallest absolute Gasteiger partial charge is 0.228 e. The zero-order valence-corrected chi connectivity index (χ0v) is 17.1. The zero-order chi connectivity index (χ0) is 19.9. The molecule has 0 saturated carbocycles. The molecular formula is C19H20BrN5O3. The van der Waals surface area contributed by atoms with E-state index in [1.807, 2.05) is 26.0 Å². The van der Waals surface area contributed by atoms with Crippen LogP contribution in [0.4, 0.5) is 5.69 Å².